The highest BCUT2D eigenvalue weighted by Crippen LogP contribution is 2.16. The monoisotopic (exact) mass is 187 g/mol. The molecule has 1 aliphatic carbocycles. The van der Waals surface area contributed by atoms with E-state index >= 15 is 0 Å². The van der Waals surface area contributed by atoms with Gasteiger partial charge >= 0.3 is 0 Å². The van der Waals surface area contributed by atoms with Crippen LogP contribution in [0.2, 0.25) is 0 Å². The van der Waals surface area contributed by atoms with Crippen molar-refractivity contribution in [2.24, 2.45) is 0 Å². The van der Waals surface area contributed by atoms with Gasteiger partial charge in [0, 0.05) is 17.6 Å². The second-order valence-electron chi connectivity index (χ2n) is 3.01. The maximum absolute atomic E-state index is 12.6. The number of hydrogen-bond donors (Lipinski definition) is 0. The number of halogens is 1. The number of allylic oxidation sites excluding steroid dienone is 4. The summed E-state index contributed by atoms with van der Waals surface area (Å²) in [6, 6.07) is 5.56. The zero-order chi connectivity index (χ0) is 9.97. The Morgan fingerprint density at radius 1 is 1.07 bits per heavy atom. The quantitative estimate of drug-likeness (QED) is 0.650. The topological polar surface area (TPSA) is 17.1 Å². The van der Waals surface area contributed by atoms with Gasteiger partial charge in [0.05, 0.1) is 0 Å². The summed E-state index contributed by atoms with van der Waals surface area (Å²) in [5.41, 5.74) is 1.15. The minimum absolute atomic E-state index is 0.0741. The lowest BCUT2D eigenvalue weighted by Crippen LogP contribution is -2.01. The first-order chi connectivity index (χ1) is 6.77. The van der Waals surface area contributed by atoms with E-state index in [0.29, 0.717) is 11.1 Å². The van der Waals surface area contributed by atoms with E-state index in [4.69, 9.17) is 0 Å². The van der Waals surface area contributed by atoms with Crippen LogP contribution in [0, 0.1) is 12.2 Å². The summed E-state index contributed by atoms with van der Waals surface area (Å²) in [4.78, 5) is 11.7. The molecule has 0 saturated heterocycles. The fourth-order valence-electron chi connectivity index (χ4n) is 1.29. The van der Waals surface area contributed by atoms with Gasteiger partial charge in [-0.25, -0.2) is 4.39 Å². The third-order valence-corrected chi connectivity index (χ3v) is 2.03. The fraction of sp³-hybridized carbons (Fsp3) is 0. The number of benzene rings is 1. The first-order valence-electron chi connectivity index (χ1n) is 4.29. The highest BCUT2D eigenvalue weighted by atomic mass is 19.1. The molecule has 69 valence electrons. The van der Waals surface area contributed by atoms with E-state index < -0.39 is 0 Å². The van der Waals surface area contributed by atoms with Gasteiger partial charge in [-0.1, -0.05) is 18.2 Å². The highest BCUT2D eigenvalue weighted by molar-refractivity contribution is 6.11. The maximum atomic E-state index is 12.6. The third-order valence-electron chi connectivity index (χ3n) is 2.03. The number of ketones is 1. The Labute approximate surface area is 81.6 Å². The van der Waals surface area contributed by atoms with Gasteiger partial charge in [-0.3, -0.25) is 4.79 Å². The van der Waals surface area contributed by atoms with Crippen LogP contribution in [0.25, 0.3) is 0 Å². The van der Waals surface area contributed by atoms with Crippen molar-refractivity contribution in [2.45, 2.75) is 0 Å². The van der Waals surface area contributed by atoms with Gasteiger partial charge in [0.15, 0.2) is 5.78 Å². The molecule has 1 aromatic carbocycles. The van der Waals surface area contributed by atoms with Crippen LogP contribution in [0.4, 0.5) is 4.39 Å². The molecule has 0 spiro atoms. The Balaban J connectivity index is 2.23. The van der Waals surface area contributed by atoms with Crippen LogP contribution in [0.15, 0.2) is 48.1 Å². The van der Waals surface area contributed by atoms with E-state index in [1.165, 1.54) is 24.3 Å². The van der Waals surface area contributed by atoms with Crippen LogP contribution in [0.5, 0.6) is 0 Å². The molecule has 0 N–H and O–H groups in total. The molecular weight excluding hydrogens is 179 g/mol. The van der Waals surface area contributed by atoms with Crippen LogP contribution < -0.4 is 0 Å². The SMILES string of the molecule is O=C(C1=CC=C[CH]1)c1ccc(F)cc1. The van der Waals surface area contributed by atoms with E-state index in [-0.39, 0.29) is 11.6 Å². The van der Waals surface area contributed by atoms with Gasteiger partial charge in [0.2, 0.25) is 0 Å². The minimum atomic E-state index is -0.330. The molecule has 0 saturated carbocycles. The van der Waals surface area contributed by atoms with Crippen molar-refractivity contribution < 1.29 is 9.18 Å². The Morgan fingerprint density at radius 2 is 1.79 bits per heavy atom. The second kappa shape index (κ2) is 3.58. The van der Waals surface area contributed by atoms with Crippen molar-refractivity contribution in [1.82, 2.24) is 0 Å². The van der Waals surface area contributed by atoms with Crippen LogP contribution in [-0.4, -0.2) is 5.78 Å². The molecule has 0 bridgehead atoms. The van der Waals surface area contributed by atoms with E-state index in [1.807, 2.05) is 0 Å². The predicted octanol–water partition coefficient (Wildman–Crippen LogP) is 2.71. The molecule has 0 aromatic heterocycles. The largest absolute Gasteiger partial charge is 0.289 e. The van der Waals surface area contributed by atoms with Crippen LogP contribution >= 0.6 is 0 Å². The standard InChI is InChI=1S/C12H8FO/c13-11-7-5-10(6-8-11)12(14)9-3-1-2-4-9/h1-8H. The molecule has 0 fully saturated rings. The van der Waals surface area contributed by atoms with Gasteiger partial charge in [-0.05, 0) is 24.3 Å². The molecule has 14 heavy (non-hydrogen) atoms. The molecular formula is C12H8FO. The molecule has 0 atom stereocenters. The Kier molecular flexibility index (Phi) is 2.27. The molecule has 0 aliphatic heterocycles. The van der Waals surface area contributed by atoms with E-state index in [1.54, 1.807) is 24.6 Å². The van der Waals surface area contributed by atoms with Crippen molar-refractivity contribution in [2.75, 3.05) is 0 Å². The summed E-state index contributed by atoms with van der Waals surface area (Å²) in [7, 11) is 0. The van der Waals surface area contributed by atoms with Crippen molar-refractivity contribution in [3.05, 3.63) is 65.9 Å². The number of Topliss-reactive ketones (excluding diaryl/α,β-unsaturated/α-hetero) is 1. The summed E-state index contributed by atoms with van der Waals surface area (Å²) >= 11 is 0. The van der Waals surface area contributed by atoms with Crippen molar-refractivity contribution in [1.29, 1.82) is 0 Å². The smallest absolute Gasteiger partial charge is 0.189 e. The first-order valence-corrected chi connectivity index (χ1v) is 4.29. The number of rotatable bonds is 2. The molecule has 1 aromatic rings. The summed E-state index contributed by atoms with van der Waals surface area (Å²) in [6.07, 6.45) is 7.09. The summed E-state index contributed by atoms with van der Waals surface area (Å²) in [6.45, 7) is 0. The van der Waals surface area contributed by atoms with Gasteiger partial charge < -0.3 is 0 Å². The van der Waals surface area contributed by atoms with Crippen molar-refractivity contribution >= 4 is 5.78 Å². The van der Waals surface area contributed by atoms with Gasteiger partial charge in [0.1, 0.15) is 5.82 Å². The van der Waals surface area contributed by atoms with Gasteiger partial charge in [-0.2, -0.15) is 0 Å². The molecule has 0 heterocycles. The highest BCUT2D eigenvalue weighted by Gasteiger charge is 2.12. The lowest BCUT2D eigenvalue weighted by molar-refractivity contribution is 0.103. The summed E-state index contributed by atoms with van der Waals surface area (Å²) in [5, 5.41) is 0. The first kappa shape index (κ1) is 8.88. The molecule has 1 nitrogen and oxygen atoms in total. The predicted molar refractivity (Wildman–Crippen MR) is 52.3 cm³/mol. The molecule has 2 heteroatoms. The maximum Gasteiger partial charge on any atom is 0.189 e. The normalized spacial score (nSPS) is 14.2. The lowest BCUT2D eigenvalue weighted by Gasteiger charge is -2.00. The zero-order valence-corrected chi connectivity index (χ0v) is 7.41. The Morgan fingerprint density at radius 3 is 2.36 bits per heavy atom. The second-order valence-corrected chi connectivity index (χ2v) is 3.01. The van der Waals surface area contributed by atoms with Crippen molar-refractivity contribution in [3.63, 3.8) is 0 Å². The Bertz CT molecular complexity index is 412. The van der Waals surface area contributed by atoms with Crippen LogP contribution in [-0.2, 0) is 0 Å². The zero-order valence-electron chi connectivity index (χ0n) is 7.41. The number of carbonyl (C=O) groups excluding carboxylic acids is 1. The van der Waals surface area contributed by atoms with E-state index in [2.05, 4.69) is 0 Å². The summed E-state index contributed by atoms with van der Waals surface area (Å²) < 4.78 is 12.6. The Hall–Kier alpha value is -1.70. The minimum Gasteiger partial charge on any atom is -0.289 e. The molecule has 1 aliphatic rings. The van der Waals surface area contributed by atoms with Crippen LogP contribution in [0.3, 0.4) is 0 Å². The van der Waals surface area contributed by atoms with Gasteiger partial charge in [-0.15, -0.1) is 0 Å². The molecule has 1 radical (unpaired) electrons. The van der Waals surface area contributed by atoms with E-state index in [0.717, 1.165) is 0 Å². The summed E-state index contributed by atoms with van der Waals surface area (Å²) in [5.74, 6) is -0.404. The van der Waals surface area contributed by atoms with E-state index in [9.17, 15) is 9.18 Å². The number of carbonyl (C=O) groups is 1. The molecule has 2 rings (SSSR count). The van der Waals surface area contributed by atoms with Gasteiger partial charge in [0.25, 0.3) is 0 Å². The fourth-order valence-corrected chi connectivity index (χ4v) is 1.29. The average molecular weight is 187 g/mol. The molecule has 0 unspecified atom stereocenters. The van der Waals surface area contributed by atoms with Crippen molar-refractivity contribution in [3.8, 4) is 0 Å². The number of hydrogen-bond acceptors (Lipinski definition) is 1. The lowest BCUT2D eigenvalue weighted by atomic mass is 10.0. The third kappa shape index (κ3) is 1.64. The average Bonchev–Trinajstić information content (AvgIpc) is 2.71. The molecule has 0 amide bonds. The van der Waals surface area contributed by atoms with Crippen LogP contribution in [0.1, 0.15) is 10.4 Å².